The van der Waals surface area contributed by atoms with Gasteiger partial charge in [-0.1, -0.05) is 62.4 Å². The Kier molecular flexibility index (Phi) is 6.64. The molecule has 184 valence electrons. The average molecular weight is 497 g/mol. The number of thioether (sulfide) groups is 1. The number of para-hydroxylation sites is 1. The second-order valence-corrected chi connectivity index (χ2v) is 11.3. The van der Waals surface area contributed by atoms with Crippen molar-refractivity contribution < 1.29 is 29.0 Å². The normalized spacial score (nSPS) is 23.3. The second-order valence-electron chi connectivity index (χ2n) is 9.54. The van der Waals surface area contributed by atoms with Gasteiger partial charge in [0, 0.05) is 4.75 Å². The fourth-order valence-corrected chi connectivity index (χ4v) is 6.27. The summed E-state index contributed by atoms with van der Waals surface area (Å²) in [7, 11) is 0. The Labute approximate surface area is 208 Å². The molecule has 35 heavy (non-hydrogen) atoms. The van der Waals surface area contributed by atoms with Gasteiger partial charge < -0.3 is 20.1 Å². The lowest BCUT2D eigenvalue weighted by atomic mass is 9.94. The lowest BCUT2D eigenvalue weighted by Crippen LogP contribution is -2.71. The van der Waals surface area contributed by atoms with Crippen molar-refractivity contribution in [3.63, 3.8) is 0 Å². The van der Waals surface area contributed by atoms with Gasteiger partial charge in [0.25, 0.3) is 0 Å². The van der Waals surface area contributed by atoms with E-state index >= 15 is 0 Å². The van der Waals surface area contributed by atoms with Crippen LogP contribution >= 0.6 is 11.8 Å². The smallest absolute Gasteiger partial charge is 0.328 e. The third-order valence-electron chi connectivity index (χ3n) is 6.36. The first kappa shape index (κ1) is 24.8. The standard InChI is InChI=1S/C26H28N2O6S/c1-14(2)16-12-8-9-13-17(16)34-25(33)18(15-10-6-5-7-11-15)21(29)27-19-22(30)28-20(24(31)32)26(3,4)35-23(19)28/h5-14,18-20,23H,1-4H3,(H,27,29)(H,31,32)/t18?,19-,20+,23-/m1/s1. The highest BCUT2D eigenvalue weighted by Crippen LogP contribution is 2.50. The van der Waals surface area contributed by atoms with Crippen LogP contribution in [0.2, 0.25) is 0 Å². The van der Waals surface area contributed by atoms with Gasteiger partial charge in [-0.25, -0.2) is 4.79 Å². The molecule has 9 heteroatoms. The molecular weight excluding hydrogens is 468 g/mol. The van der Waals surface area contributed by atoms with E-state index < -0.39 is 51.9 Å². The van der Waals surface area contributed by atoms with Crippen LogP contribution in [0.5, 0.6) is 5.75 Å². The number of carbonyl (C=O) groups is 4. The molecule has 4 rings (SSSR count). The number of carboxylic acids is 1. The number of esters is 1. The molecule has 2 heterocycles. The summed E-state index contributed by atoms with van der Waals surface area (Å²) in [6.07, 6.45) is 0. The molecule has 2 fully saturated rings. The zero-order chi connectivity index (χ0) is 25.5. The molecule has 0 spiro atoms. The summed E-state index contributed by atoms with van der Waals surface area (Å²) < 4.78 is 4.98. The van der Waals surface area contributed by atoms with Crippen LogP contribution in [0.4, 0.5) is 0 Å². The van der Waals surface area contributed by atoms with Crippen molar-refractivity contribution in [2.75, 3.05) is 0 Å². The van der Waals surface area contributed by atoms with Crippen molar-refractivity contribution in [1.29, 1.82) is 0 Å². The number of fused-ring (bicyclic) bond motifs is 1. The van der Waals surface area contributed by atoms with E-state index in [0.29, 0.717) is 11.3 Å². The molecule has 2 saturated heterocycles. The fraction of sp³-hybridized carbons (Fsp3) is 0.385. The van der Waals surface area contributed by atoms with E-state index in [-0.39, 0.29) is 5.92 Å². The van der Waals surface area contributed by atoms with Crippen molar-refractivity contribution in [3.8, 4) is 5.75 Å². The lowest BCUT2D eigenvalue weighted by Gasteiger charge is -2.43. The van der Waals surface area contributed by atoms with Gasteiger partial charge in [-0.15, -0.1) is 11.8 Å². The number of nitrogens with zero attached hydrogens (tertiary/aromatic N) is 1. The molecule has 8 nitrogen and oxygen atoms in total. The summed E-state index contributed by atoms with van der Waals surface area (Å²) in [5.41, 5.74) is 1.27. The molecular formula is C26H28N2O6S. The number of hydrogen-bond donors (Lipinski definition) is 2. The Balaban J connectivity index is 1.57. The van der Waals surface area contributed by atoms with Crippen LogP contribution in [0.15, 0.2) is 54.6 Å². The molecule has 2 aromatic rings. The number of β-lactam (4-membered cyclic amide) rings is 1. The van der Waals surface area contributed by atoms with Crippen LogP contribution in [0.3, 0.4) is 0 Å². The predicted octanol–water partition coefficient (Wildman–Crippen LogP) is 3.13. The summed E-state index contributed by atoms with van der Waals surface area (Å²) >= 11 is 1.32. The number of nitrogens with one attached hydrogen (secondary N) is 1. The van der Waals surface area contributed by atoms with Gasteiger partial charge in [-0.2, -0.15) is 0 Å². The minimum absolute atomic E-state index is 0.103. The topological polar surface area (TPSA) is 113 Å². The van der Waals surface area contributed by atoms with Crippen molar-refractivity contribution in [2.45, 2.75) is 61.7 Å². The third kappa shape index (κ3) is 4.52. The van der Waals surface area contributed by atoms with E-state index in [9.17, 15) is 24.3 Å². The zero-order valence-corrected chi connectivity index (χ0v) is 20.7. The van der Waals surface area contributed by atoms with Crippen molar-refractivity contribution in [3.05, 3.63) is 65.7 Å². The number of ether oxygens (including phenoxy) is 1. The molecule has 0 aromatic heterocycles. The van der Waals surface area contributed by atoms with E-state index in [1.165, 1.54) is 16.7 Å². The number of carboxylic acid groups (broad SMARTS) is 1. The average Bonchev–Trinajstić information content (AvgIpc) is 3.06. The minimum Gasteiger partial charge on any atom is -0.480 e. The molecule has 0 aliphatic carbocycles. The van der Waals surface area contributed by atoms with Gasteiger partial charge in [0.1, 0.15) is 23.2 Å². The molecule has 2 amide bonds. The monoisotopic (exact) mass is 496 g/mol. The predicted molar refractivity (Wildman–Crippen MR) is 131 cm³/mol. The second kappa shape index (κ2) is 9.37. The van der Waals surface area contributed by atoms with Crippen LogP contribution in [-0.4, -0.2) is 56.0 Å². The Hall–Kier alpha value is -3.33. The summed E-state index contributed by atoms with van der Waals surface area (Å²) in [6, 6.07) is 13.8. The molecule has 0 bridgehead atoms. The molecule has 2 aliphatic rings. The number of aliphatic carboxylic acids is 1. The Morgan fingerprint density at radius 3 is 2.31 bits per heavy atom. The van der Waals surface area contributed by atoms with Crippen molar-refractivity contribution >= 4 is 35.5 Å². The minimum atomic E-state index is -1.30. The van der Waals surface area contributed by atoms with E-state index in [1.54, 1.807) is 56.3 Å². The number of carbonyl (C=O) groups excluding carboxylic acids is 3. The summed E-state index contributed by atoms with van der Waals surface area (Å²) in [5.74, 6) is -3.80. The van der Waals surface area contributed by atoms with Gasteiger partial charge in [-0.05, 0) is 37.0 Å². The van der Waals surface area contributed by atoms with E-state index in [2.05, 4.69) is 5.32 Å². The van der Waals surface area contributed by atoms with Gasteiger partial charge in [0.15, 0.2) is 5.92 Å². The first-order valence-corrected chi connectivity index (χ1v) is 12.3. The molecule has 2 aromatic carbocycles. The molecule has 2 aliphatic heterocycles. The summed E-state index contributed by atoms with van der Waals surface area (Å²) in [5, 5.41) is 11.8. The highest BCUT2D eigenvalue weighted by molar-refractivity contribution is 8.01. The van der Waals surface area contributed by atoms with E-state index in [1.807, 2.05) is 26.0 Å². The quantitative estimate of drug-likeness (QED) is 0.262. The van der Waals surface area contributed by atoms with Crippen LogP contribution < -0.4 is 10.1 Å². The van der Waals surface area contributed by atoms with E-state index in [0.717, 1.165) is 5.56 Å². The number of amides is 2. The Morgan fingerprint density at radius 2 is 1.69 bits per heavy atom. The first-order valence-electron chi connectivity index (χ1n) is 11.4. The summed E-state index contributed by atoms with van der Waals surface area (Å²) in [4.78, 5) is 52.6. The first-order chi connectivity index (χ1) is 16.5. The van der Waals surface area contributed by atoms with Crippen molar-refractivity contribution in [2.24, 2.45) is 0 Å². The van der Waals surface area contributed by atoms with Gasteiger partial charge in [0.2, 0.25) is 11.8 Å². The van der Waals surface area contributed by atoms with Gasteiger partial charge >= 0.3 is 11.9 Å². The van der Waals surface area contributed by atoms with Gasteiger partial charge in [0.05, 0.1) is 0 Å². The zero-order valence-electron chi connectivity index (χ0n) is 19.9. The molecule has 0 radical (unpaired) electrons. The molecule has 4 atom stereocenters. The molecule has 1 unspecified atom stereocenters. The maximum Gasteiger partial charge on any atom is 0.328 e. The SMILES string of the molecule is CC(C)c1ccccc1OC(=O)C(C(=O)N[C@@H]1C(=O)N2[C@@H]1SC(C)(C)[C@@H]2C(=O)O)c1ccccc1. The number of hydrogen-bond acceptors (Lipinski definition) is 6. The highest BCUT2D eigenvalue weighted by atomic mass is 32.2. The Bertz CT molecular complexity index is 1170. The fourth-order valence-electron chi connectivity index (χ4n) is 4.64. The maximum absolute atomic E-state index is 13.4. The largest absolute Gasteiger partial charge is 0.480 e. The van der Waals surface area contributed by atoms with Crippen LogP contribution in [-0.2, 0) is 19.2 Å². The Morgan fingerprint density at radius 1 is 1.06 bits per heavy atom. The van der Waals surface area contributed by atoms with Gasteiger partial charge in [-0.3, -0.25) is 14.4 Å². The number of rotatable bonds is 7. The van der Waals surface area contributed by atoms with Crippen LogP contribution in [0, 0.1) is 0 Å². The molecule has 2 N–H and O–H groups in total. The van der Waals surface area contributed by atoms with Crippen molar-refractivity contribution in [1.82, 2.24) is 10.2 Å². The van der Waals surface area contributed by atoms with Crippen LogP contribution in [0.25, 0.3) is 0 Å². The van der Waals surface area contributed by atoms with E-state index in [4.69, 9.17) is 4.74 Å². The summed E-state index contributed by atoms with van der Waals surface area (Å²) in [6.45, 7) is 7.48. The number of benzene rings is 2. The molecule has 0 saturated carbocycles. The maximum atomic E-state index is 13.4. The third-order valence-corrected chi connectivity index (χ3v) is 7.93. The van der Waals surface area contributed by atoms with Crippen LogP contribution in [0.1, 0.15) is 50.7 Å². The lowest BCUT2D eigenvalue weighted by molar-refractivity contribution is -0.161. The highest BCUT2D eigenvalue weighted by Gasteiger charge is 2.64.